The van der Waals surface area contributed by atoms with Gasteiger partial charge >= 0.3 is 0 Å². The highest BCUT2D eigenvalue weighted by Crippen LogP contribution is 2.22. The maximum atomic E-state index is 9.25. The van der Waals surface area contributed by atoms with Crippen LogP contribution in [-0.2, 0) is 4.74 Å². The number of hydrogen-bond acceptors (Lipinski definition) is 4. The van der Waals surface area contributed by atoms with Crippen LogP contribution in [0.1, 0.15) is 11.6 Å². The standard InChI is InChI=1S/C11H12BrN3O/c12-10-5-9(7-14-8-10)11(6-13)15-1-3-16-4-2-15/h5,7-8,11H,1-4H2. The lowest BCUT2D eigenvalue weighted by atomic mass is 10.1. The molecule has 1 aromatic heterocycles. The molecule has 0 spiro atoms. The Morgan fingerprint density at radius 3 is 2.81 bits per heavy atom. The molecule has 84 valence electrons. The summed E-state index contributed by atoms with van der Waals surface area (Å²) in [4.78, 5) is 6.21. The highest BCUT2D eigenvalue weighted by molar-refractivity contribution is 9.10. The van der Waals surface area contributed by atoms with Crippen molar-refractivity contribution in [3.63, 3.8) is 0 Å². The molecular formula is C11H12BrN3O. The number of rotatable bonds is 2. The number of ether oxygens (including phenoxy) is 1. The molecule has 5 heteroatoms. The zero-order valence-electron chi connectivity index (χ0n) is 8.77. The molecule has 0 N–H and O–H groups in total. The van der Waals surface area contributed by atoms with E-state index in [2.05, 4.69) is 31.9 Å². The quantitative estimate of drug-likeness (QED) is 0.829. The van der Waals surface area contributed by atoms with Gasteiger partial charge in [-0.1, -0.05) is 0 Å². The zero-order valence-corrected chi connectivity index (χ0v) is 10.4. The van der Waals surface area contributed by atoms with Crippen LogP contribution in [0, 0.1) is 11.3 Å². The average molecular weight is 282 g/mol. The van der Waals surface area contributed by atoms with Gasteiger partial charge in [-0.15, -0.1) is 0 Å². The topological polar surface area (TPSA) is 49.2 Å². The minimum Gasteiger partial charge on any atom is -0.379 e. The van der Waals surface area contributed by atoms with Crippen LogP contribution in [0.25, 0.3) is 0 Å². The van der Waals surface area contributed by atoms with Crippen molar-refractivity contribution in [2.24, 2.45) is 0 Å². The molecule has 1 aromatic rings. The summed E-state index contributed by atoms with van der Waals surface area (Å²) in [6, 6.07) is 4.04. The molecule has 2 rings (SSSR count). The van der Waals surface area contributed by atoms with Gasteiger partial charge in [0.15, 0.2) is 0 Å². The Hall–Kier alpha value is -0.960. The second kappa shape index (κ2) is 5.39. The van der Waals surface area contributed by atoms with E-state index in [-0.39, 0.29) is 6.04 Å². The highest BCUT2D eigenvalue weighted by atomic mass is 79.9. The van der Waals surface area contributed by atoms with E-state index < -0.39 is 0 Å². The number of nitrogens with zero attached hydrogens (tertiary/aromatic N) is 3. The number of aromatic nitrogens is 1. The van der Waals surface area contributed by atoms with Crippen molar-refractivity contribution in [3.8, 4) is 6.07 Å². The molecule has 2 heterocycles. The van der Waals surface area contributed by atoms with Gasteiger partial charge in [0.05, 0.1) is 19.3 Å². The first kappa shape index (κ1) is 11.5. The van der Waals surface area contributed by atoms with E-state index in [1.165, 1.54) is 0 Å². The average Bonchev–Trinajstić information content (AvgIpc) is 2.31. The summed E-state index contributed by atoms with van der Waals surface area (Å²) in [7, 11) is 0. The third-order valence-corrected chi connectivity index (χ3v) is 3.01. The van der Waals surface area contributed by atoms with Crippen molar-refractivity contribution < 1.29 is 4.74 Å². The Morgan fingerprint density at radius 1 is 1.44 bits per heavy atom. The van der Waals surface area contributed by atoms with Gasteiger partial charge in [0.2, 0.25) is 0 Å². The maximum Gasteiger partial charge on any atom is 0.125 e. The second-order valence-corrected chi connectivity index (χ2v) is 4.53. The molecule has 1 unspecified atom stereocenters. The van der Waals surface area contributed by atoms with E-state index in [9.17, 15) is 5.26 Å². The Kier molecular flexibility index (Phi) is 3.88. The van der Waals surface area contributed by atoms with Gasteiger partial charge in [-0.05, 0) is 22.0 Å². The third-order valence-electron chi connectivity index (χ3n) is 2.57. The number of hydrogen-bond donors (Lipinski definition) is 0. The molecule has 1 aliphatic rings. The first-order valence-electron chi connectivity index (χ1n) is 5.13. The van der Waals surface area contributed by atoms with Crippen LogP contribution in [0.5, 0.6) is 0 Å². The Labute approximate surface area is 103 Å². The van der Waals surface area contributed by atoms with Gasteiger partial charge in [0.1, 0.15) is 6.04 Å². The Morgan fingerprint density at radius 2 is 2.19 bits per heavy atom. The van der Waals surface area contributed by atoms with E-state index in [4.69, 9.17) is 4.74 Å². The van der Waals surface area contributed by atoms with Crippen molar-refractivity contribution in [1.29, 1.82) is 5.26 Å². The van der Waals surface area contributed by atoms with Crippen LogP contribution in [0.15, 0.2) is 22.9 Å². The number of halogens is 1. The first-order valence-corrected chi connectivity index (χ1v) is 5.92. The van der Waals surface area contributed by atoms with Crippen molar-refractivity contribution in [3.05, 3.63) is 28.5 Å². The molecule has 0 amide bonds. The fraction of sp³-hybridized carbons (Fsp3) is 0.455. The molecule has 0 aromatic carbocycles. The molecule has 1 aliphatic heterocycles. The molecule has 16 heavy (non-hydrogen) atoms. The second-order valence-electron chi connectivity index (χ2n) is 3.62. The van der Waals surface area contributed by atoms with Crippen LogP contribution in [0.2, 0.25) is 0 Å². The van der Waals surface area contributed by atoms with E-state index in [0.29, 0.717) is 13.2 Å². The lowest BCUT2D eigenvalue weighted by Crippen LogP contribution is -2.38. The molecule has 0 aliphatic carbocycles. The van der Waals surface area contributed by atoms with E-state index >= 15 is 0 Å². The predicted molar refractivity (Wildman–Crippen MR) is 62.7 cm³/mol. The predicted octanol–water partition coefficient (Wildman–Crippen LogP) is 1.74. The summed E-state index contributed by atoms with van der Waals surface area (Å²) in [5.74, 6) is 0. The Balaban J connectivity index is 2.18. The largest absolute Gasteiger partial charge is 0.379 e. The van der Waals surface area contributed by atoms with Crippen molar-refractivity contribution in [2.75, 3.05) is 26.3 Å². The van der Waals surface area contributed by atoms with E-state index in [0.717, 1.165) is 23.1 Å². The third kappa shape index (κ3) is 2.59. The number of pyridine rings is 1. The number of morpholine rings is 1. The molecule has 1 atom stereocenters. The zero-order chi connectivity index (χ0) is 11.4. The van der Waals surface area contributed by atoms with Crippen LogP contribution in [0.4, 0.5) is 0 Å². The van der Waals surface area contributed by atoms with Crippen LogP contribution < -0.4 is 0 Å². The van der Waals surface area contributed by atoms with Crippen LogP contribution in [-0.4, -0.2) is 36.2 Å². The Bertz CT molecular complexity index is 398. The monoisotopic (exact) mass is 281 g/mol. The summed E-state index contributed by atoms with van der Waals surface area (Å²) in [5, 5.41) is 9.25. The van der Waals surface area contributed by atoms with Gasteiger partial charge < -0.3 is 4.74 Å². The SMILES string of the molecule is N#CC(c1cncc(Br)c1)N1CCOCC1. The fourth-order valence-electron chi connectivity index (χ4n) is 1.78. The van der Waals surface area contributed by atoms with Gasteiger partial charge in [0, 0.05) is 35.5 Å². The van der Waals surface area contributed by atoms with Gasteiger partial charge in [-0.25, -0.2) is 0 Å². The smallest absolute Gasteiger partial charge is 0.125 e. The van der Waals surface area contributed by atoms with Gasteiger partial charge in [0.25, 0.3) is 0 Å². The normalized spacial score (nSPS) is 19.0. The summed E-state index contributed by atoms with van der Waals surface area (Å²) < 4.78 is 6.18. The molecular weight excluding hydrogens is 270 g/mol. The van der Waals surface area contributed by atoms with Crippen LogP contribution >= 0.6 is 15.9 Å². The highest BCUT2D eigenvalue weighted by Gasteiger charge is 2.22. The van der Waals surface area contributed by atoms with Crippen molar-refractivity contribution in [1.82, 2.24) is 9.88 Å². The maximum absolute atomic E-state index is 9.25. The first-order chi connectivity index (χ1) is 7.81. The summed E-state index contributed by atoms with van der Waals surface area (Å²) in [5.41, 5.74) is 0.929. The minimum atomic E-state index is -0.228. The summed E-state index contributed by atoms with van der Waals surface area (Å²) >= 11 is 3.37. The summed E-state index contributed by atoms with van der Waals surface area (Å²) in [6.45, 7) is 2.98. The van der Waals surface area contributed by atoms with Crippen molar-refractivity contribution in [2.45, 2.75) is 6.04 Å². The lowest BCUT2D eigenvalue weighted by Gasteiger charge is -2.30. The molecule has 4 nitrogen and oxygen atoms in total. The minimum absolute atomic E-state index is 0.228. The van der Waals surface area contributed by atoms with Gasteiger partial charge in [-0.2, -0.15) is 5.26 Å². The molecule has 1 fully saturated rings. The van der Waals surface area contributed by atoms with E-state index in [1.807, 2.05) is 6.07 Å². The molecule has 1 saturated heterocycles. The number of nitriles is 1. The fourth-order valence-corrected chi connectivity index (χ4v) is 2.16. The van der Waals surface area contributed by atoms with Crippen LogP contribution in [0.3, 0.4) is 0 Å². The van der Waals surface area contributed by atoms with Gasteiger partial charge in [-0.3, -0.25) is 9.88 Å². The molecule has 0 saturated carbocycles. The summed E-state index contributed by atoms with van der Waals surface area (Å²) in [6.07, 6.45) is 3.46. The van der Waals surface area contributed by atoms with E-state index in [1.54, 1.807) is 12.4 Å². The molecule has 0 bridgehead atoms. The van der Waals surface area contributed by atoms with Crippen molar-refractivity contribution >= 4 is 15.9 Å². The molecule has 0 radical (unpaired) electrons. The lowest BCUT2D eigenvalue weighted by molar-refractivity contribution is 0.0266.